The second-order valence-corrected chi connectivity index (χ2v) is 7.57. The van der Waals surface area contributed by atoms with Gasteiger partial charge in [-0.15, -0.1) is 0 Å². The fourth-order valence-corrected chi connectivity index (χ4v) is 3.81. The summed E-state index contributed by atoms with van der Waals surface area (Å²) in [4.78, 5) is 15.8. The lowest BCUT2D eigenvalue weighted by atomic mass is 9.84. The minimum absolute atomic E-state index is 0.349. The molecule has 0 spiro atoms. The van der Waals surface area contributed by atoms with Crippen LogP contribution in [0.4, 0.5) is 0 Å². The van der Waals surface area contributed by atoms with E-state index in [1.165, 1.54) is 0 Å². The predicted octanol–water partition coefficient (Wildman–Crippen LogP) is 5.15. The van der Waals surface area contributed by atoms with Crippen molar-refractivity contribution < 1.29 is 9.90 Å². The Morgan fingerprint density at radius 2 is 0.903 bits per heavy atom. The zero-order chi connectivity index (χ0) is 21.5. The number of hydrogen-bond acceptors (Lipinski definition) is 2. The predicted molar refractivity (Wildman–Crippen MR) is 123 cm³/mol. The van der Waals surface area contributed by atoms with E-state index in [-0.39, 0.29) is 5.91 Å². The van der Waals surface area contributed by atoms with Gasteiger partial charge in [0.2, 0.25) is 0 Å². The van der Waals surface area contributed by atoms with Gasteiger partial charge in [-0.25, -0.2) is 0 Å². The zero-order valence-corrected chi connectivity index (χ0v) is 17.3. The van der Waals surface area contributed by atoms with Crippen LogP contribution in [-0.2, 0) is 23.5 Å². The first-order valence-corrected chi connectivity index (χ1v) is 10.4. The summed E-state index contributed by atoms with van der Waals surface area (Å²) in [6.45, 7) is 0.799. The Kier molecular flexibility index (Phi) is 6.25. The van der Waals surface area contributed by atoms with E-state index in [2.05, 4.69) is 0 Å². The Bertz CT molecular complexity index is 1020. The van der Waals surface area contributed by atoms with E-state index in [9.17, 15) is 9.90 Å². The average molecular weight is 408 g/mol. The van der Waals surface area contributed by atoms with E-state index in [1.807, 2.05) is 97.1 Å². The van der Waals surface area contributed by atoms with Gasteiger partial charge in [0.25, 0.3) is 5.91 Å². The molecule has 1 amide bonds. The lowest BCUT2D eigenvalue weighted by Crippen LogP contribution is -2.47. The van der Waals surface area contributed by atoms with Gasteiger partial charge in [-0.2, -0.15) is 0 Å². The lowest BCUT2D eigenvalue weighted by Gasteiger charge is -2.34. The molecule has 0 saturated heterocycles. The topological polar surface area (TPSA) is 40.5 Å². The number of carbonyl (C=O) groups is 1. The van der Waals surface area contributed by atoms with Crippen molar-refractivity contribution in [1.29, 1.82) is 0 Å². The summed E-state index contributed by atoms with van der Waals surface area (Å²) in [6, 6.07) is 38.1. The van der Waals surface area contributed by atoms with Gasteiger partial charge in [-0.3, -0.25) is 4.79 Å². The van der Waals surface area contributed by atoms with Crippen LogP contribution in [-0.4, -0.2) is 15.9 Å². The third kappa shape index (κ3) is 4.57. The van der Waals surface area contributed by atoms with Gasteiger partial charge in [0.05, 0.1) is 0 Å². The highest BCUT2D eigenvalue weighted by Gasteiger charge is 2.42. The zero-order valence-electron chi connectivity index (χ0n) is 17.3. The average Bonchev–Trinajstić information content (AvgIpc) is 2.85. The first kappa shape index (κ1) is 20.6. The molecule has 0 heterocycles. The van der Waals surface area contributed by atoms with Gasteiger partial charge in [-0.1, -0.05) is 121 Å². The maximum Gasteiger partial charge on any atom is 0.264 e. The van der Waals surface area contributed by atoms with Crippen molar-refractivity contribution in [3.05, 3.63) is 144 Å². The Balaban J connectivity index is 1.78. The minimum atomic E-state index is -1.79. The van der Waals surface area contributed by atoms with Crippen molar-refractivity contribution in [3.8, 4) is 0 Å². The molecule has 3 nitrogen and oxygen atoms in total. The summed E-state index contributed by atoms with van der Waals surface area (Å²) >= 11 is 0. The van der Waals surface area contributed by atoms with Gasteiger partial charge in [-0.05, 0) is 22.3 Å². The molecule has 4 aromatic rings. The highest BCUT2D eigenvalue weighted by molar-refractivity contribution is 5.90. The second-order valence-electron chi connectivity index (χ2n) is 7.57. The highest BCUT2D eigenvalue weighted by Crippen LogP contribution is 2.33. The summed E-state index contributed by atoms with van der Waals surface area (Å²) in [5.41, 5.74) is 1.34. The molecule has 4 aromatic carbocycles. The molecule has 31 heavy (non-hydrogen) atoms. The molecule has 1 N–H and O–H groups in total. The molecule has 0 atom stereocenters. The molecule has 0 saturated carbocycles. The van der Waals surface area contributed by atoms with Crippen molar-refractivity contribution in [2.75, 3.05) is 0 Å². The lowest BCUT2D eigenvalue weighted by molar-refractivity contribution is -0.149. The van der Waals surface area contributed by atoms with Crippen LogP contribution in [0.15, 0.2) is 121 Å². The summed E-state index contributed by atoms with van der Waals surface area (Å²) in [6.07, 6.45) is 0. The van der Waals surface area contributed by atoms with Crippen LogP contribution in [0.25, 0.3) is 0 Å². The molecule has 0 radical (unpaired) electrons. The fraction of sp³-hybridized carbons (Fsp3) is 0.107. The van der Waals surface area contributed by atoms with Crippen molar-refractivity contribution >= 4 is 5.91 Å². The molecule has 0 aliphatic heterocycles. The summed E-state index contributed by atoms with van der Waals surface area (Å²) in [5, 5.41) is 12.0. The first-order valence-electron chi connectivity index (χ1n) is 10.4. The third-order valence-corrected chi connectivity index (χ3v) is 5.41. The fourth-order valence-electron chi connectivity index (χ4n) is 3.81. The van der Waals surface area contributed by atoms with E-state index < -0.39 is 5.60 Å². The van der Waals surface area contributed by atoms with E-state index in [1.54, 1.807) is 29.2 Å². The van der Waals surface area contributed by atoms with Gasteiger partial charge in [0, 0.05) is 13.1 Å². The smallest absolute Gasteiger partial charge is 0.264 e. The molecule has 0 aliphatic carbocycles. The minimum Gasteiger partial charge on any atom is -0.372 e. The van der Waals surface area contributed by atoms with Crippen LogP contribution in [0.3, 0.4) is 0 Å². The number of aliphatic hydroxyl groups is 1. The molecule has 0 unspecified atom stereocenters. The van der Waals surface area contributed by atoms with Crippen LogP contribution in [0, 0.1) is 0 Å². The van der Waals surface area contributed by atoms with Crippen molar-refractivity contribution in [2.24, 2.45) is 0 Å². The van der Waals surface area contributed by atoms with E-state index in [4.69, 9.17) is 0 Å². The Morgan fingerprint density at radius 1 is 0.581 bits per heavy atom. The monoisotopic (exact) mass is 407 g/mol. The van der Waals surface area contributed by atoms with Crippen LogP contribution in [0.5, 0.6) is 0 Å². The van der Waals surface area contributed by atoms with Crippen LogP contribution in [0.2, 0.25) is 0 Å². The Labute approximate surface area is 183 Å². The largest absolute Gasteiger partial charge is 0.372 e. The molecule has 4 rings (SSSR count). The number of hydrogen-bond donors (Lipinski definition) is 1. The van der Waals surface area contributed by atoms with Crippen molar-refractivity contribution in [3.63, 3.8) is 0 Å². The summed E-state index contributed by atoms with van der Waals surface area (Å²) < 4.78 is 0. The number of nitrogens with zero attached hydrogens (tertiary/aromatic N) is 1. The van der Waals surface area contributed by atoms with Gasteiger partial charge >= 0.3 is 0 Å². The van der Waals surface area contributed by atoms with Crippen molar-refractivity contribution in [2.45, 2.75) is 18.7 Å². The number of amides is 1. The standard InChI is InChI=1S/C28H25NO2/c30-27(28(31,25-17-9-3-10-18-25)26-19-11-4-12-20-26)29(21-23-13-5-1-6-14-23)22-24-15-7-2-8-16-24/h1-20,31H,21-22H2. The van der Waals surface area contributed by atoms with Gasteiger partial charge in [0.1, 0.15) is 0 Å². The molecule has 0 bridgehead atoms. The molecule has 154 valence electrons. The molecule has 0 aromatic heterocycles. The van der Waals surface area contributed by atoms with Crippen LogP contribution >= 0.6 is 0 Å². The highest BCUT2D eigenvalue weighted by atomic mass is 16.3. The van der Waals surface area contributed by atoms with E-state index in [0.717, 1.165) is 11.1 Å². The van der Waals surface area contributed by atoms with E-state index >= 15 is 0 Å². The molecular formula is C28H25NO2. The molecule has 3 heteroatoms. The Morgan fingerprint density at radius 3 is 1.26 bits per heavy atom. The molecular weight excluding hydrogens is 382 g/mol. The van der Waals surface area contributed by atoms with Crippen molar-refractivity contribution in [1.82, 2.24) is 4.90 Å². The SMILES string of the molecule is O=C(N(Cc1ccccc1)Cc1ccccc1)C(O)(c1ccccc1)c1ccccc1. The molecule has 0 fully saturated rings. The molecule has 0 aliphatic rings. The van der Waals surface area contributed by atoms with Crippen LogP contribution in [0.1, 0.15) is 22.3 Å². The Hall–Kier alpha value is -3.69. The normalized spacial score (nSPS) is 11.1. The summed E-state index contributed by atoms with van der Waals surface area (Å²) in [5.74, 6) is -0.349. The number of carbonyl (C=O) groups excluding carboxylic acids is 1. The van der Waals surface area contributed by atoms with E-state index in [0.29, 0.717) is 24.2 Å². The number of rotatable bonds is 7. The summed E-state index contributed by atoms with van der Waals surface area (Å²) in [7, 11) is 0. The van der Waals surface area contributed by atoms with Crippen LogP contribution < -0.4 is 0 Å². The quantitative estimate of drug-likeness (QED) is 0.460. The third-order valence-electron chi connectivity index (χ3n) is 5.41. The van der Waals surface area contributed by atoms with Gasteiger partial charge in [0.15, 0.2) is 5.60 Å². The second kappa shape index (κ2) is 9.41. The van der Waals surface area contributed by atoms with Gasteiger partial charge < -0.3 is 10.0 Å². The number of benzene rings is 4. The maximum atomic E-state index is 14.1. The first-order chi connectivity index (χ1) is 15.2. The maximum absolute atomic E-state index is 14.1.